The zero-order valence-corrected chi connectivity index (χ0v) is 13.2. The quantitative estimate of drug-likeness (QED) is 0.523. The van der Waals surface area contributed by atoms with Crippen molar-refractivity contribution in [2.45, 2.75) is 25.3 Å². The van der Waals surface area contributed by atoms with Crippen LogP contribution in [-0.4, -0.2) is 41.5 Å². The summed E-state index contributed by atoms with van der Waals surface area (Å²) in [6.45, 7) is 2.99. The van der Waals surface area contributed by atoms with Gasteiger partial charge in [-0.3, -0.25) is 9.80 Å². The number of carbonyl (C=O) groups excluding carboxylic acids is 1. The fourth-order valence-corrected chi connectivity index (χ4v) is 3.05. The molecule has 0 bridgehead atoms. The van der Waals surface area contributed by atoms with Crippen LogP contribution < -0.4 is 5.84 Å². The summed E-state index contributed by atoms with van der Waals surface area (Å²) in [5, 5.41) is 1.34. The number of hydrogen-bond donors (Lipinski definition) is 1. The summed E-state index contributed by atoms with van der Waals surface area (Å²) in [5.41, 5.74) is 1.36. The van der Waals surface area contributed by atoms with E-state index in [1.165, 1.54) is 16.8 Å². The molecule has 1 aliphatic heterocycles. The summed E-state index contributed by atoms with van der Waals surface area (Å²) < 4.78 is 5.13. The lowest BCUT2D eigenvalue weighted by molar-refractivity contribution is 0.0542. The molecule has 1 fully saturated rings. The Labute approximate surface area is 136 Å². The first-order valence-electron chi connectivity index (χ1n) is 8.12. The van der Waals surface area contributed by atoms with Crippen molar-refractivity contribution in [3.8, 4) is 0 Å². The van der Waals surface area contributed by atoms with Gasteiger partial charge < -0.3 is 9.32 Å². The van der Waals surface area contributed by atoms with E-state index in [-0.39, 0.29) is 11.9 Å². The van der Waals surface area contributed by atoms with E-state index in [9.17, 15) is 4.79 Å². The molecule has 23 heavy (non-hydrogen) atoms. The number of likely N-dealkylation sites (tertiary alicyclic amines) is 1. The van der Waals surface area contributed by atoms with E-state index < -0.39 is 0 Å². The predicted molar refractivity (Wildman–Crippen MR) is 88.7 cm³/mol. The molecule has 122 valence electrons. The van der Waals surface area contributed by atoms with Crippen LogP contribution in [-0.2, 0) is 6.42 Å². The van der Waals surface area contributed by atoms with Crippen molar-refractivity contribution >= 4 is 5.91 Å². The number of carbonyl (C=O) groups is 1. The van der Waals surface area contributed by atoms with Crippen LogP contribution in [0.4, 0.5) is 0 Å². The van der Waals surface area contributed by atoms with E-state index in [1.807, 2.05) is 6.07 Å². The molecule has 2 aromatic rings. The highest BCUT2D eigenvalue weighted by atomic mass is 16.3. The molecular weight excluding hydrogens is 290 g/mol. The van der Waals surface area contributed by atoms with E-state index in [0.717, 1.165) is 38.9 Å². The molecule has 2 N–H and O–H groups in total. The maximum absolute atomic E-state index is 12.2. The van der Waals surface area contributed by atoms with Crippen LogP contribution in [0, 0.1) is 0 Å². The molecule has 1 aliphatic rings. The van der Waals surface area contributed by atoms with Crippen molar-refractivity contribution in [3.05, 3.63) is 60.1 Å². The maximum Gasteiger partial charge on any atom is 0.303 e. The SMILES string of the molecule is NN(C(=O)c1ccco1)C1CCN(CCc2ccccc2)CC1. The number of nitrogens with zero attached hydrogens (tertiary/aromatic N) is 2. The van der Waals surface area contributed by atoms with Crippen LogP contribution in [0.3, 0.4) is 0 Å². The van der Waals surface area contributed by atoms with Gasteiger partial charge in [-0.05, 0) is 37.0 Å². The minimum Gasteiger partial charge on any atom is -0.459 e. The highest BCUT2D eigenvalue weighted by molar-refractivity contribution is 5.91. The second kappa shape index (κ2) is 7.44. The lowest BCUT2D eigenvalue weighted by atomic mass is 10.0. The molecule has 0 saturated carbocycles. The molecular formula is C18H23N3O2. The van der Waals surface area contributed by atoms with Crippen LogP contribution >= 0.6 is 0 Å². The molecule has 1 aromatic heterocycles. The smallest absolute Gasteiger partial charge is 0.303 e. The summed E-state index contributed by atoms with van der Waals surface area (Å²) in [6, 6.07) is 14.0. The molecule has 0 spiro atoms. The molecule has 2 heterocycles. The number of benzene rings is 1. The minimum atomic E-state index is -0.238. The number of hydrazine groups is 1. The molecule has 0 radical (unpaired) electrons. The molecule has 5 heteroatoms. The predicted octanol–water partition coefficient (Wildman–Crippen LogP) is 2.30. The van der Waals surface area contributed by atoms with Crippen molar-refractivity contribution in [1.29, 1.82) is 0 Å². The van der Waals surface area contributed by atoms with Gasteiger partial charge in [-0.15, -0.1) is 0 Å². The van der Waals surface area contributed by atoms with Gasteiger partial charge in [0.05, 0.1) is 12.3 Å². The molecule has 1 saturated heterocycles. The Balaban J connectivity index is 1.45. The van der Waals surface area contributed by atoms with Gasteiger partial charge in [0.2, 0.25) is 0 Å². The highest BCUT2D eigenvalue weighted by Crippen LogP contribution is 2.17. The number of furan rings is 1. The Hall–Kier alpha value is -2.11. The van der Waals surface area contributed by atoms with E-state index in [4.69, 9.17) is 10.3 Å². The average Bonchev–Trinajstić information content (AvgIpc) is 3.15. The van der Waals surface area contributed by atoms with E-state index in [0.29, 0.717) is 5.76 Å². The van der Waals surface area contributed by atoms with Gasteiger partial charge in [-0.1, -0.05) is 30.3 Å². The van der Waals surface area contributed by atoms with Gasteiger partial charge in [0, 0.05) is 19.6 Å². The molecule has 5 nitrogen and oxygen atoms in total. The Bertz CT molecular complexity index is 604. The summed E-state index contributed by atoms with van der Waals surface area (Å²) in [6.07, 6.45) is 4.35. The van der Waals surface area contributed by atoms with Gasteiger partial charge in [-0.2, -0.15) is 0 Å². The van der Waals surface area contributed by atoms with Crippen LogP contribution in [0.1, 0.15) is 29.0 Å². The van der Waals surface area contributed by atoms with Gasteiger partial charge in [-0.25, -0.2) is 5.84 Å². The van der Waals surface area contributed by atoms with Gasteiger partial charge in [0.15, 0.2) is 5.76 Å². The summed E-state index contributed by atoms with van der Waals surface area (Å²) in [5.74, 6) is 6.07. The number of amides is 1. The van der Waals surface area contributed by atoms with Crippen LogP contribution in [0.5, 0.6) is 0 Å². The van der Waals surface area contributed by atoms with Crippen molar-refractivity contribution in [2.75, 3.05) is 19.6 Å². The lowest BCUT2D eigenvalue weighted by Crippen LogP contribution is -2.51. The van der Waals surface area contributed by atoms with Crippen LogP contribution in [0.2, 0.25) is 0 Å². The minimum absolute atomic E-state index is 0.0839. The Morgan fingerprint density at radius 3 is 2.57 bits per heavy atom. The van der Waals surface area contributed by atoms with E-state index >= 15 is 0 Å². The maximum atomic E-state index is 12.2. The number of piperidine rings is 1. The first kappa shape index (κ1) is 15.8. The third-order valence-electron chi connectivity index (χ3n) is 4.48. The van der Waals surface area contributed by atoms with Crippen molar-refractivity contribution in [1.82, 2.24) is 9.91 Å². The molecule has 1 aromatic carbocycles. The molecule has 0 aliphatic carbocycles. The second-order valence-corrected chi connectivity index (χ2v) is 6.00. The zero-order valence-electron chi connectivity index (χ0n) is 13.2. The largest absolute Gasteiger partial charge is 0.459 e. The summed E-state index contributed by atoms with van der Waals surface area (Å²) in [7, 11) is 0. The first-order valence-corrected chi connectivity index (χ1v) is 8.12. The Morgan fingerprint density at radius 1 is 1.17 bits per heavy atom. The van der Waals surface area contributed by atoms with Crippen LogP contribution in [0.25, 0.3) is 0 Å². The first-order chi connectivity index (χ1) is 11.2. The van der Waals surface area contributed by atoms with Crippen molar-refractivity contribution in [3.63, 3.8) is 0 Å². The monoisotopic (exact) mass is 313 g/mol. The normalized spacial score (nSPS) is 16.4. The fraction of sp³-hybridized carbons (Fsp3) is 0.389. The van der Waals surface area contributed by atoms with E-state index in [1.54, 1.807) is 12.1 Å². The van der Waals surface area contributed by atoms with Gasteiger partial charge >= 0.3 is 5.91 Å². The molecule has 1 amide bonds. The second-order valence-electron chi connectivity index (χ2n) is 6.00. The van der Waals surface area contributed by atoms with Gasteiger partial charge in [0.1, 0.15) is 0 Å². The molecule has 0 atom stereocenters. The van der Waals surface area contributed by atoms with Crippen molar-refractivity contribution in [2.24, 2.45) is 5.84 Å². The summed E-state index contributed by atoms with van der Waals surface area (Å²) >= 11 is 0. The Kier molecular flexibility index (Phi) is 5.10. The zero-order chi connectivity index (χ0) is 16.1. The fourth-order valence-electron chi connectivity index (χ4n) is 3.05. The summed E-state index contributed by atoms with van der Waals surface area (Å²) in [4.78, 5) is 14.6. The van der Waals surface area contributed by atoms with Crippen molar-refractivity contribution < 1.29 is 9.21 Å². The Morgan fingerprint density at radius 2 is 1.91 bits per heavy atom. The topological polar surface area (TPSA) is 62.7 Å². The number of hydrogen-bond acceptors (Lipinski definition) is 4. The van der Waals surface area contributed by atoms with E-state index in [2.05, 4.69) is 29.2 Å². The average molecular weight is 313 g/mol. The highest BCUT2D eigenvalue weighted by Gasteiger charge is 2.27. The van der Waals surface area contributed by atoms with Crippen LogP contribution in [0.15, 0.2) is 53.1 Å². The van der Waals surface area contributed by atoms with Gasteiger partial charge in [0.25, 0.3) is 0 Å². The number of nitrogens with two attached hydrogens (primary N) is 1. The molecule has 3 rings (SSSR count). The third kappa shape index (κ3) is 4.00. The molecule has 0 unspecified atom stereocenters. The number of rotatable bonds is 5. The third-order valence-corrected chi connectivity index (χ3v) is 4.48. The lowest BCUT2D eigenvalue weighted by Gasteiger charge is -2.35. The standard InChI is InChI=1S/C18H23N3O2/c19-21(18(22)17-7-4-14-23-17)16-9-12-20(13-10-16)11-8-15-5-2-1-3-6-15/h1-7,14,16H,8-13,19H2.